The number of halogens is 3. The van der Waals surface area contributed by atoms with E-state index >= 15 is 0 Å². The zero-order chi connectivity index (χ0) is 19.4. The van der Waals surface area contributed by atoms with Gasteiger partial charge in [0.05, 0.1) is 5.92 Å². The molecule has 0 bridgehead atoms. The number of rotatable bonds is 2. The van der Waals surface area contributed by atoms with Gasteiger partial charge in [0.25, 0.3) is 0 Å². The molecule has 3 rings (SSSR count). The minimum absolute atomic E-state index is 0.0593. The third kappa shape index (κ3) is 4.96. The lowest BCUT2D eigenvalue weighted by Crippen LogP contribution is -2.49. The van der Waals surface area contributed by atoms with E-state index in [0.29, 0.717) is 45.2 Å². The molecule has 2 heterocycles. The van der Waals surface area contributed by atoms with E-state index in [2.05, 4.69) is 0 Å². The van der Waals surface area contributed by atoms with E-state index in [1.54, 1.807) is 4.90 Å². The van der Waals surface area contributed by atoms with Crippen LogP contribution in [0.1, 0.15) is 64.2 Å². The molecule has 2 saturated heterocycles. The summed E-state index contributed by atoms with van der Waals surface area (Å²) in [5.41, 5.74) is 0. The van der Waals surface area contributed by atoms with Crippen molar-refractivity contribution in [3.05, 3.63) is 0 Å². The molecule has 7 heteroatoms. The molecule has 2 unspecified atom stereocenters. The molecule has 0 aromatic rings. The molecule has 3 fully saturated rings. The van der Waals surface area contributed by atoms with Crippen LogP contribution < -0.4 is 0 Å². The van der Waals surface area contributed by atoms with Gasteiger partial charge >= 0.3 is 6.18 Å². The van der Waals surface area contributed by atoms with Crippen molar-refractivity contribution >= 4 is 11.8 Å². The Balaban J connectivity index is 1.55. The zero-order valence-electron chi connectivity index (χ0n) is 16.0. The lowest BCUT2D eigenvalue weighted by atomic mass is 9.77. The number of alkyl halides is 3. The number of nitrogens with zero attached hydrogens (tertiary/aromatic N) is 2. The van der Waals surface area contributed by atoms with E-state index in [-0.39, 0.29) is 24.2 Å². The highest BCUT2D eigenvalue weighted by Gasteiger charge is 2.49. The fourth-order valence-corrected chi connectivity index (χ4v) is 4.95. The van der Waals surface area contributed by atoms with E-state index in [4.69, 9.17) is 0 Å². The average molecular weight is 388 g/mol. The SMILES string of the molecule is O=C(C1CCN(C(=O)C2CCCCC2C(F)(F)F)CC1)N1CCCCCC1. The number of carbonyl (C=O) groups is 2. The molecule has 0 radical (unpaired) electrons. The van der Waals surface area contributed by atoms with Gasteiger partial charge in [0.15, 0.2) is 0 Å². The Morgan fingerprint density at radius 3 is 1.81 bits per heavy atom. The smallest absolute Gasteiger partial charge is 0.342 e. The van der Waals surface area contributed by atoms with Crippen molar-refractivity contribution < 1.29 is 22.8 Å². The van der Waals surface area contributed by atoms with Gasteiger partial charge in [-0.2, -0.15) is 13.2 Å². The second-order valence-electron chi connectivity index (χ2n) is 8.38. The molecule has 1 saturated carbocycles. The van der Waals surface area contributed by atoms with Gasteiger partial charge in [-0.05, 0) is 38.5 Å². The lowest BCUT2D eigenvalue weighted by Gasteiger charge is -2.39. The molecule has 2 amide bonds. The minimum Gasteiger partial charge on any atom is -0.342 e. The molecule has 0 aromatic carbocycles. The molecule has 4 nitrogen and oxygen atoms in total. The average Bonchev–Trinajstić information content (AvgIpc) is 2.96. The third-order valence-electron chi connectivity index (χ3n) is 6.58. The van der Waals surface area contributed by atoms with E-state index in [1.165, 1.54) is 12.8 Å². The molecule has 0 spiro atoms. The monoisotopic (exact) mass is 388 g/mol. The van der Waals surface area contributed by atoms with E-state index < -0.39 is 18.0 Å². The number of amides is 2. The van der Waals surface area contributed by atoms with Crippen LogP contribution in [0, 0.1) is 17.8 Å². The van der Waals surface area contributed by atoms with Crippen LogP contribution in [-0.4, -0.2) is 54.0 Å². The number of hydrogen-bond donors (Lipinski definition) is 0. The standard InChI is InChI=1S/C20H31F3N2O2/c21-20(22,23)17-8-4-3-7-16(17)19(27)25-13-9-15(10-14-25)18(26)24-11-5-1-2-6-12-24/h15-17H,1-14H2. The van der Waals surface area contributed by atoms with Crippen molar-refractivity contribution in [2.24, 2.45) is 17.8 Å². The molecule has 3 aliphatic rings. The summed E-state index contributed by atoms with van der Waals surface area (Å²) in [5, 5.41) is 0. The molecule has 27 heavy (non-hydrogen) atoms. The summed E-state index contributed by atoms with van der Waals surface area (Å²) in [7, 11) is 0. The number of hydrogen-bond acceptors (Lipinski definition) is 2. The van der Waals surface area contributed by atoms with Gasteiger partial charge in [-0.1, -0.05) is 25.7 Å². The molecule has 0 aromatic heterocycles. The molecule has 0 N–H and O–H groups in total. The van der Waals surface area contributed by atoms with Crippen LogP contribution in [0.2, 0.25) is 0 Å². The van der Waals surface area contributed by atoms with Gasteiger partial charge in [0.1, 0.15) is 0 Å². The van der Waals surface area contributed by atoms with Gasteiger partial charge in [0, 0.05) is 38.0 Å². The lowest BCUT2D eigenvalue weighted by molar-refractivity contribution is -0.201. The van der Waals surface area contributed by atoms with Gasteiger partial charge in [-0.15, -0.1) is 0 Å². The first kappa shape index (κ1) is 20.5. The van der Waals surface area contributed by atoms with Gasteiger partial charge < -0.3 is 9.80 Å². The highest BCUT2D eigenvalue weighted by Crippen LogP contribution is 2.42. The zero-order valence-corrected chi connectivity index (χ0v) is 16.0. The van der Waals surface area contributed by atoms with Gasteiger partial charge in [0.2, 0.25) is 11.8 Å². The van der Waals surface area contributed by atoms with Crippen molar-refractivity contribution in [3.8, 4) is 0 Å². The minimum atomic E-state index is -4.30. The highest BCUT2D eigenvalue weighted by atomic mass is 19.4. The molecular formula is C20H31F3N2O2. The van der Waals surface area contributed by atoms with E-state index in [9.17, 15) is 22.8 Å². The van der Waals surface area contributed by atoms with E-state index in [1.807, 2.05) is 4.90 Å². The molecular weight excluding hydrogens is 357 g/mol. The maximum absolute atomic E-state index is 13.3. The summed E-state index contributed by atoms with van der Waals surface area (Å²) < 4.78 is 39.9. The summed E-state index contributed by atoms with van der Waals surface area (Å²) in [4.78, 5) is 29.0. The van der Waals surface area contributed by atoms with Crippen molar-refractivity contribution in [1.82, 2.24) is 9.80 Å². The normalized spacial score (nSPS) is 28.7. The first-order valence-corrected chi connectivity index (χ1v) is 10.5. The van der Waals surface area contributed by atoms with Crippen molar-refractivity contribution in [2.75, 3.05) is 26.2 Å². The van der Waals surface area contributed by atoms with Gasteiger partial charge in [-0.25, -0.2) is 0 Å². The second-order valence-corrected chi connectivity index (χ2v) is 8.38. The number of carbonyl (C=O) groups excluding carboxylic acids is 2. The van der Waals surface area contributed by atoms with Crippen LogP contribution in [-0.2, 0) is 9.59 Å². The Morgan fingerprint density at radius 1 is 0.667 bits per heavy atom. The van der Waals surface area contributed by atoms with Crippen molar-refractivity contribution in [3.63, 3.8) is 0 Å². The van der Waals surface area contributed by atoms with Crippen molar-refractivity contribution in [2.45, 2.75) is 70.4 Å². The second kappa shape index (κ2) is 8.82. The summed E-state index contributed by atoms with van der Waals surface area (Å²) in [5.74, 6) is -2.70. The summed E-state index contributed by atoms with van der Waals surface area (Å²) >= 11 is 0. The van der Waals surface area contributed by atoms with Crippen LogP contribution in [0.15, 0.2) is 0 Å². The Bertz CT molecular complexity index is 522. The number of piperidine rings is 1. The molecule has 154 valence electrons. The predicted molar refractivity (Wildman–Crippen MR) is 95.9 cm³/mol. The van der Waals surface area contributed by atoms with Crippen LogP contribution in [0.5, 0.6) is 0 Å². The Hall–Kier alpha value is -1.27. The van der Waals surface area contributed by atoms with Gasteiger partial charge in [-0.3, -0.25) is 9.59 Å². The van der Waals surface area contributed by atoms with E-state index in [0.717, 1.165) is 25.9 Å². The summed E-state index contributed by atoms with van der Waals surface area (Å²) in [6.07, 6.45) is 2.88. The highest BCUT2D eigenvalue weighted by molar-refractivity contribution is 5.81. The van der Waals surface area contributed by atoms with Crippen LogP contribution in [0.4, 0.5) is 13.2 Å². The maximum atomic E-state index is 13.3. The number of likely N-dealkylation sites (tertiary alicyclic amines) is 2. The first-order chi connectivity index (χ1) is 12.9. The Labute approximate surface area is 159 Å². The fourth-order valence-electron chi connectivity index (χ4n) is 4.95. The maximum Gasteiger partial charge on any atom is 0.392 e. The van der Waals surface area contributed by atoms with Crippen molar-refractivity contribution in [1.29, 1.82) is 0 Å². The quantitative estimate of drug-likeness (QED) is 0.718. The van der Waals surface area contributed by atoms with Crippen LogP contribution in [0.3, 0.4) is 0 Å². The largest absolute Gasteiger partial charge is 0.392 e. The fraction of sp³-hybridized carbons (Fsp3) is 0.900. The third-order valence-corrected chi connectivity index (χ3v) is 6.58. The van der Waals surface area contributed by atoms with Crippen LogP contribution >= 0.6 is 0 Å². The first-order valence-electron chi connectivity index (χ1n) is 10.5. The Morgan fingerprint density at radius 2 is 1.22 bits per heavy atom. The summed E-state index contributed by atoms with van der Waals surface area (Å²) in [6, 6.07) is 0. The molecule has 1 aliphatic carbocycles. The topological polar surface area (TPSA) is 40.6 Å². The Kier molecular flexibility index (Phi) is 6.69. The summed E-state index contributed by atoms with van der Waals surface area (Å²) in [6.45, 7) is 2.44. The van der Waals surface area contributed by atoms with Crippen LogP contribution in [0.25, 0.3) is 0 Å². The predicted octanol–water partition coefficient (Wildman–Crippen LogP) is 4.00. The molecule has 2 atom stereocenters. The molecule has 2 aliphatic heterocycles.